The summed E-state index contributed by atoms with van der Waals surface area (Å²) in [4.78, 5) is 18.2. The van der Waals surface area contributed by atoms with Gasteiger partial charge in [-0.05, 0) is 13.3 Å². The number of nitrogens with zero attached hydrogens (tertiary/aromatic N) is 2. The molecular formula is C9H12N2O3. The highest BCUT2D eigenvalue weighted by Crippen LogP contribution is 2.10. The Kier molecular flexibility index (Phi) is 3.39. The summed E-state index contributed by atoms with van der Waals surface area (Å²) in [6.45, 7) is 4.16. The molecule has 14 heavy (non-hydrogen) atoms. The molecule has 1 rings (SSSR count). The van der Waals surface area contributed by atoms with E-state index >= 15 is 0 Å². The number of hydrogen-bond acceptors (Lipinski definition) is 4. The fraction of sp³-hybridized carbons (Fsp3) is 0.444. The molecule has 0 saturated carbocycles. The third kappa shape index (κ3) is 2.42. The van der Waals surface area contributed by atoms with Crippen LogP contribution in [-0.4, -0.2) is 27.7 Å². The summed E-state index contributed by atoms with van der Waals surface area (Å²) in [5.74, 6) is -1.04. The van der Waals surface area contributed by atoms with Crippen LogP contribution in [0.2, 0.25) is 0 Å². The third-order valence-electron chi connectivity index (χ3n) is 1.60. The Morgan fingerprint density at radius 3 is 2.71 bits per heavy atom. The van der Waals surface area contributed by atoms with Crippen LogP contribution in [0.15, 0.2) is 6.07 Å². The lowest BCUT2D eigenvalue weighted by Gasteiger charge is -2.04. The van der Waals surface area contributed by atoms with Crippen molar-refractivity contribution >= 4 is 5.97 Å². The Bertz CT molecular complexity index is 339. The molecule has 0 aliphatic rings. The van der Waals surface area contributed by atoms with E-state index in [9.17, 15) is 4.79 Å². The van der Waals surface area contributed by atoms with Crippen molar-refractivity contribution in [1.29, 1.82) is 0 Å². The molecule has 0 unspecified atom stereocenters. The molecule has 0 amide bonds. The second-order valence-corrected chi connectivity index (χ2v) is 2.61. The van der Waals surface area contributed by atoms with Crippen molar-refractivity contribution in [2.24, 2.45) is 0 Å². The van der Waals surface area contributed by atoms with Crippen LogP contribution in [0.25, 0.3) is 0 Å². The largest absolute Gasteiger partial charge is 0.478 e. The molecule has 0 fully saturated rings. The van der Waals surface area contributed by atoms with E-state index in [-0.39, 0.29) is 5.82 Å². The summed E-state index contributed by atoms with van der Waals surface area (Å²) < 4.78 is 5.12. The van der Waals surface area contributed by atoms with Gasteiger partial charge >= 0.3 is 5.97 Å². The topological polar surface area (TPSA) is 72.3 Å². The smallest absolute Gasteiger partial charge is 0.374 e. The number of carboxylic acid groups (broad SMARTS) is 1. The predicted molar refractivity (Wildman–Crippen MR) is 49.5 cm³/mol. The van der Waals surface area contributed by atoms with E-state index in [0.717, 1.165) is 0 Å². The van der Waals surface area contributed by atoms with Gasteiger partial charge in [-0.3, -0.25) is 0 Å². The summed E-state index contributed by atoms with van der Waals surface area (Å²) in [7, 11) is 0. The summed E-state index contributed by atoms with van der Waals surface area (Å²) in [5.41, 5.74) is 0.667. The maximum absolute atomic E-state index is 10.6. The number of ether oxygens (including phenoxy) is 1. The highest BCUT2D eigenvalue weighted by molar-refractivity contribution is 5.83. The van der Waals surface area contributed by atoms with E-state index in [1.165, 1.54) is 0 Å². The molecule has 1 heterocycles. The number of aromatic nitrogens is 2. The number of carbonyl (C=O) groups is 1. The Morgan fingerprint density at radius 2 is 2.21 bits per heavy atom. The van der Waals surface area contributed by atoms with Crippen LogP contribution in [0.4, 0.5) is 0 Å². The molecule has 1 N–H and O–H groups in total. The minimum atomic E-state index is -1.14. The number of rotatable bonds is 4. The zero-order valence-electron chi connectivity index (χ0n) is 8.15. The molecule has 5 heteroatoms. The minimum Gasteiger partial charge on any atom is -0.478 e. The van der Waals surface area contributed by atoms with Gasteiger partial charge < -0.3 is 9.84 Å². The van der Waals surface area contributed by atoms with Crippen LogP contribution in [0.1, 0.15) is 30.2 Å². The first-order valence-corrected chi connectivity index (χ1v) is 4.41. The SMILES string of the molecule is CCOc1cc(CC)nc(C(=O)O)n1. The molecule has 0 radical (unpaired) electrons. The van der Waals surface area contributed by atoms with Gasteiger partial charge in [-0.2, -0.15) is 4.98 Å². The van der Waals surface area contributed by atoms with E-state index < -0.39 is 5.97 Å². The highest BCUT2D eigenvalue weighted by atomic mass is 16.5. The Morgan fingerprint density at radius 1 is 1.50 bits per heavy atom. The van der Waals surface area contributed by atoms with Crippen LogP contribution in [-0.2, 0) is 6.42 Å². The van der Waals surface area contributed by atoms with Gasteiger partial charge in [0.1, 0.15) is 0 Å². The summed E-state index contributed by atoms with van der Waals surface area (Å²) in [5, 5.41) is 8.72. The second kappa shape index (κ2) is 4.55. The van der Waals surface area contributed by atoms with Gasteiger partial charge in [-0.15, -0.1) is 0 Å². The quantitative estimate of drug-likeness (QED) is 0.781. The van der Waals surface area contributed by atoms with E-state index in [1.54, 1.807) is 6.07 Å². The third-order valence-corrected chi connectivity index (χ3v) is 1.60. The van der Waals surface area contributed by atoms with Gasteiger partial charge in [-0.1, -0.05) is 6.92 Å². The number of carboxylic acids is 1. The van der Waals surface area contributed by atoms with E-state index in [1.807, 2.05) is 13.8 Å². The molecular weight excluding hydrogens is 184 g/mol. The first-order chi connectivity index (χ1) is 6.67. The summed E-state index contributed by atoms with van der Waals surface area (Å²) in [6.07, 6.45) is 0.656. The zero-order chi connectivity index (χ0) is 10.6. The van der Waals surface area contributed by atoms with Crippen molar-refractivity contribution in [1.82, 2.24) is 9.97 Å². The fourth-order valence-electron chi connectivity index (χ4n) is 0.971. The molecule has 0 aromatic carbocycles. The van der Waals surface area contributed by atoms with Gasteiger partial charge in [-0.25, -0.2) is 9.78 Å². The zero-order valence-corrected chi connectivity index (χ0v) is 8.15. The van der Waals surface area contributed by atoms with Crippen molar-refractivity contribution in [3.63, 3.8) is 0 Å². The van der Waals surface area contributed by atoms with E-state index in [0.29, 0.717) is 24.6 Å². The van der Waals surface area contributed by atoms with Crippen molar-refractivity contribution in [2.75, 3.05) is 6.61 Å². The van der Waals surface area contributed by atoms with Gasteiger partial charge in [0.15, 0.2) is 0 Å². The maximum atomic E-state index is 10.6. The average molecular weight is 196 g/mol. The number of aromatic carboxylic acids is 1. The number of hydrogen-bond donors (Lipinski definition) is 1. The van der Waals surface area contributed by atoms with E-state index in [4.69, 9.17) is 9.84 Å². The Balaban J connectivity index is 3.06. The van der Waals surface area contributed by atoms with Crippen LogP contribution in [0.3, 0.4) is 0 Å². The molecule has 0 bridgehead atoms. The van der Waals surface area contributed by atoms with E-state index in [2.05, 4.69) is 9.97 Å². The summed E-state index contributed by atoms with van der Waals surface area (Å²) in [6, 6.07) is 1.65. The lowest BCUT2D eigenvalue weighted by molar-refractivity contribution is 0.0681. The molecule has 1 aromatic heterocycles. The molecule has 5 nitrogen and oxygen atoms in total. The van der Waals surface area contributed by atoms with Crippen molar-refractivity contribution in [3.8, 4) is 5.88 Å². The first kappa shape index (κ1) is 10.4. The molecule has 0 atom stereocenters. The van der Waals surface area contributed by atoms with Gasteiger partial charge in [0, 0.05) is 11.8 Å². The fourth-order valence-corrected chi connectivity index (χ4v) is 0.971. The monoisotopic (exact) mass is 196 g/mol. The first-order valence-electron chi connectivity index (χ1n) is 4.41. The van der Waals surface area contributed by atoms with Crippen molar-refractivity contribution in [2.45, 2.75) is 20.3 Å². The van der Waals surface area contributed by atoms with Gasteiger partial charge in [0.25, 0.3) is 0 Å². The van der Waals surface area contributed by atoms with Crippen molar-refractivity contribution in [3.05, 3.63) is 17.6 Å². The van der Waals surface area contributed by atoms with Crippen LogP contribution < -0.4 is 4.74 Å². The predicted octanol–water partition coefficient (Wildman–Crippen LogP) is 1.14. The number of aryl methyl sites for hydroxylation is 1. The summed E-state index contributed by atoms with van der Waals surface area (Å²) >= 11 is 0. The van der Waals surface area contributed by atoms with Gasteiger partial charge in [0.2, 0.25) is 11.7 Å². The minimum absolute atomic E-state index is 0.215. The van der Waals surface area contributed by atoms with Gasteiger partial charge in [0.05, 0.1) is 6.61 Å². The Hall–Kier alpha value is -1.65. The molecule has 76 valence electrons. The van der Waals surface area contributed by atoms with Crippen molar-refractivity contribution < 1.29 is 14.6 Å². The standard InChI is InChI=1S/C9H12N2O3/c1-3-6-5-7(14-4-2)11-8(10-6)9(12)13/h5H,3-4H2,1-2H3,(H,12,13). The molecule has 0 saturated heterocycles. The van der Waals surface area contributed by atoms with Crippen LogP contribution in [0.5, 0.6) is 5.88 Å². The normalized spacial score (nSPS) is 9.86. The molecule has 0 spiro atoms. The average Bonchev–Trinajstić information content (AvgIpc) is 2.17. The molecule has 1 aromatic rings. The second-order valence-electron chi connectivity index (χ2n) is 2.61. The lowest BCUT2D eigenvalue weighted by Crippen LogP contribution is -2.08. The molecule has 0 aliphatic heterocycles. The molecule has 0 aliphatic carbocycles. The maximum Gasteiger partial charge on any atom is 0.374 e. The highest BCUT2D eigenvalue weighted by Gasteiger charge is 2.10. The van der Waals surface area contributed by atoms with Crippen LogP contribution >= 0.6 is 0 Å². The lowest BCUT2D eigenvalue weighted by atomic mass is 10.3. The Labute approximate surface area is 81.8 Å². The van der Waals surface area contributed by atoms with Crippen LogP contribution in [0, 0.1) is 0 Å².